The molecule has 0 saturated carbocycles. The van der Waals surface area contributed by atoms with E-state index in [0.717, 1.165) is 42.8 Å². The Morgan fingerprint density at radius 1 is 1.14 bits per heavy atom. The minimum absolute atomic E-state index is 0.113. The van der Waals surface area contributed by atoms with E-state index >= 15 is 0 Å². The monoisotopic (exact) mass is 341 g/mol. The van der Waals surface area contributed by atoms with Gasteiger partial charge >= 0.3 is 0 Å². The number of anilines is 1. The second-order valence-corrected chi connectivity index (χ2v) is 8.94. The molecule has 0 atom stereocenters. The zero-order valence-electron chi connectivity index (χ0n) is 11.8. The second kappa shape index (κ2) is 5.10. The Hall–Kier alpha value is -1.87. The number of nitrogens with zero attached hydrogens (tertiary/aromatic N) is 1. The summed E-state index contributed by atoms with van der Waals surface area (Å²) < 4.78 is 50.3. The third kappa shape index (κ3) is 2.73. The number of rotatable bonds is 4. The molecule has 22 heavy (non-hydrogen) atoms. The maximum Gasteiger partial charge on any atom is 0.263 e. The van der Waals surface area contributed by atoms with E-state index < -0.39 is 19.9 Å². The highest BCUT2D eigenvalue weighted by molar-refractivity contribution is 7.93. The van der Waals surface area contributed by atoms with Crippen LogP contribution in [-0.2, 0) is 32.7 Å². The van der Waals surface area contributed by atoms with Gasteiger partial charge in [-0.25, -0.2) is 16.8 Å². The molecule has 0 unspecified atom stereocenters. The van der Waals surface area contributed by atoms with E-state index in [1.807, 2.05) is 0 Å². The van der Waals surface area contributed by atoms with E-state index in [4.69, 9.17) is 0 Å². The summed E-state index contributed by atoms with van der Waals surface area (Å²) in [5.41, 5.74) is 2.19. The Morgan fingerprint density at radius 3 is 2.59 bits per heavy atom. The molecule has 0 amide bonds. The smallest absolute Gasteiger partial charge is 0.263 e. The Balaban J connectivity index is 1.97. The van der Waals surface area contributed by atoms with Crippen LogP contribution in [0.3, 0.4) is 0 Å². The first-order valence-electron chi connectivity index (χ1n) is 6.65. The van der Waals surface area contributed by atoms with Crippen LogP contribution in [0, 0.1) is 0 Å². The molecule has 1 heterocycles. The van der Waals surface area contributed by atoms with Crippen molar-refractivity contribution in [2.24, 2.45) is 0 Å². The van der Waals surface area contributed by atoms with Gasteiger partial charge in [-0.3, -0.25) is 9.82 Å². The van der Waals surface area contributed by atoms with Gasteiger partial charge in [0.2, 0.25) is 0 Å². The van der Waals surface area contributed by atoms with Gasteiger partial charge in [-0.05, 0) is 42.5 Å². The van der Waals surface area contributed by atoms with Gasteiger partial charge in [0.1, 0.15) is 4.90 Å². The molecule has 2 aromatic rings. The number of fused-ring (bicyclic) bond motifs is 1. The first-order chi connectivity index (χ1) is 10.3. The van der Waals surface area contributed by atoms with Gasteiger partial charge in [0.15, 0.2) is 15.7 Å². The fourth-order valence-corrected chi connectivity index (χ4v) is 4.40. The molecular weight excluding hydrogens is 326 g/mol. The van der Waals surface area contributed by atoms with Crippen molar-refractivity contribution in [2.45, 2.75) is 29.1 Å². The molecule has 1 aliphatic carbocycles. The Labute approximate surface area is 128 Å². The molecule has 1 aliphatic rings. The average Bonchev–Trinajstić information content (AvgIpc) is 3.04. The summed E-state index contributed by atoms with van der Waals surface area (Å²) in [7, 11) is -7.45. The lowest BCUT2D eigenvalue weighted by Gasteiger charge is -2.09. The van der Waals surface area contributed by atoms with Crippen LogP contribution >= 0.6 is 0 Å². The van der Waals surface area contributed by atoms with Crippen molar-refractivity contribution in [1.82, 2.24) is 10.2 Å². The van der Waals surface area contributed by atoms with Crippen molar-refractivity contribution >= 4 is 25.7 Å². The lowest BCUT2D eigenvalue weighted by molar-refractivity contribution is 0.600. The summed E-state index contributed by atoms with van der Waals surface area (Å²) in [5.74, 6) is -0.150. The van der Waals surface area contributed by atoms with Gasteiger partial charge < -0.3 is 0 Å². The van der Waals surface area contributed by atoms with Crippen LogP contribution in [0.15, 0.2) is 34.2 Å². The van der Waals surface area contributed by atoms with Gasteiger partial charge in [0.25, 0.3) is 10.0 Å². The van der Waals surface area contributed by atoms with Gasteiger partial charge in [-0.15, -0.1) is 0 Å². The Kier molecular flexibility index (Phi) is 3.48. The summed E-state index contributed by atoms with van der Waals surface area (Å²) in [6.07, 6.45) is 4.91. The molecule has 0 radical (unpaired) electrons. The molecule has 2 N–H and O–H groups in total. The summed E-state index contributed by atoms with van der Waals surface area (Å²) in [6, 6.07) is 4.98. The summed E-state index contributed by atoms with van der Waals surface area (Å²) in [5, 5.41) is 5.96. The Bertz CT molecular complexity index is 930. The fraction of sp³-hybridized carbons (Fsp3) is 0.308. The summed E-state index contributed by atoms with van der Waals surface area (Å²) in [6.45, 7) is 0. The van der Waals surface area contributed by atoms with Crippen molar-refractivity contribution < 1.29 is 16.8 Å². The SMILES string of the molecule is CS(=O)(=O)c1cn[nH]c1NS(=O)(=O)c1ccc2c(c1)CCC2. The van der Waals surface area contributed by atoms with Crippen LogP contribution in [0.5, 0.6) is 0 Å². The van der Waals surface area contributed by atoms with Gasteiger partial charge in [-0.2, -0.15) is 5.10 Å². The minimum Gasteiger partial charge on any atom is -0.263 e. The molecule has 0 spiro atoms. The third-order valence-corrected chi connectivity index (χ3v) is 6.08. The van der Waals surface area contributed by atoms with Crippen molar-refractivity contribution in [2.75, 3.05) is 11.0 Å². The van der Waals surface area contributed by atoms with Crippen LogP contribution in [0.25, 0.3) is 0 Å². The number of benzene rings is 1. The maximum absolute atomic E-state index is 12.4. The Morgan fingerprint density at radius 2 is 1.86 bits per heavy atom. The molecule has 118 valence electrons. The number of aryl methyl sites for hydroxylation is 2. The number of hydrogen-bond donors (Lipinski definition) is 2. The minimum atomic E-state index is -3.87. The van der Waals surface area contributed by atoms with Crippen LogP contribution < -0.4 is 4.72 Å². The van der Waals surface area contributed by atoms with E-state index in [0.29, 0.717) is 0 Å². The molecule has 7 nitrogen and oxygen atoms in total. The number of aromatic nitrogens is 2. The van der Waals surface area contributed by atoms with Crippen molar-refractivity contribution in [1.29, 1.82) is 0 Å². The van der Waals surface area contributed by atoms with E-state index in [2.05, 4.69) is 14.9 Å². The van der Waals surface area contributed by atoms with Crippen LogP contribution in [0.2, 0.25) is 0 Å². The standard InChI is InChI=1S/C13H15N3O4S2/c1-21(17,18)12-8-14-15-13(12)16-22(19,20)11-6-5-9-3-2-4-10(9)7-11/h5-8H,2-4H2,1H3,(H2,14,15,16). The molecule has 1 aromatic carbocycles. The number of sulfonamides is 1. The average molecular weight is 341 g/mol. The van der Waals surface area contributed by atoms with Gasteiger partial charge in [-0.1, -0.05) is 6.07 Å². The zero-order valence-corrected chi connectivity index (χ0v) is 13.5. The van der Waals surface area contributed by atoms with Crippen molar-refractivity contribution in [3.8, 4) is 0 Å². The fourth-order valence-electron chi connectivity index (χ4n) is 2.54. The highest BCUT2D eigenvalue weighted by atomic mass is 32.2. The highest BCUT2D eigenvalue weighted by Gasteiger charge is 2.23. The molecular formula is C13H15N3O4S2. The van der Waals surface area contributed by atoms with Gasteiger partial charge in [0.05, 0.1) is 11.1 Å². The normalized spacial score (nSPS) is 14.8. The van der Waals surface area contributed by atoms with Crippen LogP contribution in [0.1, 0.15) is 17.5 Å². The van der Waals surface area contributed by atoms with E-state index in [9.17, 15) is 16.8 Å². The second-order valence-electron chi connectivity index (χ2n) is 5.27. The quantitative estimate of drug-likeness (QED) is 0.865. The predicted molar refractivity (Wildman–Crippen MR) is 81.0 cm³/mol. The number of nitrogens with one attached hydrogen (secondary N) is 2. The van der Waals surface area contributed by atoms with Crippen LogP contribution in [0.4, 0.5) is 5.82 Å². The number of hydrogen-bond acceptors (Lipinski definition) is 5. The zero-order chi connectivity index (χ0) is 16.0. The van der Waals surface area contributed by atoms with E-state index in [1.165, 1.54) is 6.07 Å². The molecule has 0 aliphatic heterocycles. The highest BCUT2D eigenvalue weighted by Crippen LogP contribution is 2.26. The number of sulfone groups is 1. The molecule has 3 rings (SSSR count). The molecule has 9 heteroatoms. The van der Waals surface area contributed by atoms with E-state index in [-0.39, 0.29) is 15.6 Å². The lowest BCUT2D eigenvalue weighted by atomic mass is 10.1. The lowest BCUT2D eigenvalue weighted by Crippen LogP contribution is -2.15. The maximum atomic E-state index is 12.4. The summed E-state index contributed by atoms with van der Waals surface area (Å²) >= 11 is 0. The van der Waals surface area contributed by atoms with Crippen LogP contribution in [-0.4, -0.2) is 33.3 Å². The van der Waals surface area contributed by atoms with Gasteiger partial charge in [0, 0.05) is 6.26 Å². The molecule has 0 saturated heterocycles. The number of aromatic amines is 1. The number of H-pyrrole nitrogens is 1. The molecule has 0 bridgehead atoms. The summed E-state index contributed by atoms with van der Waals surface area (Å²) in [4.78, 5) is -0.0700. The molecule has 1 aromatic heterocycles. The first-order valence-corrected chi connectivity index (χ1v) is 10.0. The third-order valence-electron chi connectivity index (χ3n) is 3.62. The predicted octanol–water partition coefficient (Wildman–Crippen LogP) is 1.10. The van der Waals surface area contributed by atoms with Crippen molar-refractivity contribution in [3.63, 3.8) is 0 Å². The van der Waals surface area contributed by atoms with Crippen molar-refractivity contribution in [3.05, 3.63) is 35.5 Å². The molecule has 0 fully saturated rings. The van der Waals surface area contributed by atoms with E-state index in [1.54, 1.807) is 12.1 Å². The first kappa shape index (κ1) is 15.0. The largest absolute Gasteiger partial charge is 0.263 e. The topological polar surface area (TPSA) is 109 Å².